The second-order valence-corrected chi connectivity index (χ2v) is 4.39. The lowest BCUT2D eigenvalue weighted by atomic mass is 10.1. The molecule has 0 bridgehead atoms. The van der Waals surface area contributed by atoms with Gasteiger partial charge in [-0.1, -0.05) is 13.8 Å². The van der Waals surface area contributed by atoms with Crippen molar-refractivity contribution in [1.29, 1.82) is 0 Å². The Morgan fingerprint density at radius 1 is 1.33 bits per heavy atom. The number of halogens is 2. The van der Waals surface area contributed by atoms with E-state index in [1.807, 2.05) is 0 Å². The SMILES string of the molecule is CC(C)C(=O)N(CCCN)c1ccc(F)c(F)c1. The third kappa shape index (κ3) is 3.50. The van der Waals surface area contributed by atoms with Gasteiger partial charge in [0.15, 0.2) is 11.6 Å². The fraction of sp³-hybridized carbons (Fsp3) is 0.462. The lowest BCUT2D eigenvalue weighted by Crippen LogP contribution is -2.36. The van der Waals surface area contributed by atoms with Gasteiger partial charge in [-0.3, -0.25) is 4.79 Å². The van der Waals surface area contributed by atoms with E-state index in [2.05, 4.69) is 0 Å². The summed E-state index contributed by atoms with van der Waals surface area (Å²) in [6.45, 7) is 4.36. The van der Waals surface area contributed by atoms with Crippen molar-refractivity contribution < 1.29 is 13.6 Å². The molecule has 0 aromatic heterocycles. The van der Waals surface area contributed by atoms with Gasteiger partial charge in [-0.2, -0.15) is 0 Å². The molecule has 0 spiro atoms. The van der Waals surface area contributed by atoms with Crippen LogP contribution in [0.25, 0.3) is 0 Å². The molecule has 5 heteroatoms. The topological polar surface area (TPSA) is 46.3 Å². The van der Waals surface area contributed by atoms with E-state index in [4.69, 9.17) is 5.73 Å². The number of nitrogens with zero attached hydrogens (tertiary/aromatic N) is 1. The molecule has 18 heavy (non-hydrogen) atoms. The minimum absolute atomic E-state index is 0.130. The highest BCUT2D eigenvalue weighted by Crippen LogP contribution is 2.20. The molecule has 3 nitrogen and oxygen atoms in total. The molecule has 0 fully saturated rings. The number of nitrogens with two attached hydrogens (primary N) is 1. The van der Waals surface area contributed by atoms with Gasteiger partial charge in [0.2, 0.25) is 5.91 Å². The Kier molecular flexibility index (Phi) is 5.22. The second kappa shape index (κ2) is 6.44. The Labute approximate surface area is 106 Å². The number of rotatable bonds is 5. The van der Waals surface area contributed by atoms with Gasteiger partial charge in [-0.05, 0) is 25.1 Å². The summed E-state index contributed by atoms with van der Waals surface area (Å²) < 4.78 is 26.1. The van der Waals surface area contributed by atoms with Crippen LogP contribution in [0.5, 0.6) is 0 Å². The van der Waals surface area contributed by atoms with Crippen LogP contribution in [0.4, 0.5) is 14.5 Å². The van der Waals surface area contributed by atoms with Crippen LogP contribution in [-0.2, 0) is 4.79 Å². The van der Waals surface area contributed by atoms with Crippen LogP contribution < -0.4 is 10.6 Å². The first-order valence-corrected chi connectivity index (χ1v) is 5.94. The molecule has 0 saturated carbocycles. The van der Waals surface area contributed by atoms with Crippen molar-refractivity contribution in [3.05, 3.63) is 29.8 Å². The Balaban J connectivity index is 3.01. The fourth-order valence-electron chi connectivity index (χ4n) is 1.58. The standard InChI is InChI=1S/C13H18F2N2O/c1-9(2)13(18)17(7-3-6-16)10-4-5-11(14)12(15)8-10/h4-5,8-9H,3,6-7,16H2,1-2H3. The summed E-state index contributed by atoms with van der Waals surface area (Å²) in [6.07, 6.45) is 0.609. The molecule has 1 aromatic rings. The summed E-state index contributed by atoms with van der Waals surface area (Å²) >= 11 is 0. The van der Waals surface area contributed by atoms with Gasteiger partial charge >= 0.3 is 0 Å². The molecule has 0 unspecified atom stereocenters. The van der Waals surface area contributed by atoms with Crippen molar-refractivity contribution in [1.82, 2.24) is 0 Å². The number of anilines is 1. The maximum Gasteiger partial charge on any atom is 0.229 e. The van der Waals surface area contributed by atoms with E-state index in [1.165, 1.54) is 11.0 Å². The summed E-state index contributed by atoms with van der Waals surface area (Å²) in [6, 6.07) is 3.45. The Bertz CT molecular complexity index is 421. The quantitative estimate of drug-likeness (QED) is 0.878. The van der Waals surface area contributed by atoms with Gasteiger partial charge in [0, 0.05) is 24.2 Å². The summed E-state index contributed by atoms with van der Waals surface area (Å²) in [4.78, 5) is 13.5. The minimum atomic E-state index is -0.957. The molecule has 2 N–H and O–H groups in total. The van der Waals surface area contributed by atoms with E-state index in [0.29, 0.717) is 25.2 Å². The highest BCUT2D eigenvalue weighted by Gasteiger charge is 2.19. The molecule has 0 aliphatic rings. The first-order chi connectivity index (χ1) is 8.47. The molecule has 0 aliphatic heterocycles. The van der Waals surface area contributed by atoms with Crippen molar-refractivity contribution in [2.75, 3.05) is 18.0 Å². The number of benzene rings is 1. The van der Waals surface area contributed by atoms with Gasteiger partial charge in [0.25, 0.3) is 0 Å². The van der Waals surface area contributed by atoms with Crippen molar-refractivity contribution in [3.8, 4) is 0 Å². The maximum atomic E-state index is 13.2. The zero-order valence-corrected chi connectivity index (χ0v) is 10.6. The zero-order valence-electron chi connectivity index (χ0n) is 10.6. The van der Waals surface area contributed by atoms with E-state index in [9.17, 15) is 13.6 Å². The van der Waals surface area contributed by atoms with Crippen LogP contribution in [0.2, 0.25) is 0 Å². The molecule has 1 aromatic carbocycles. The van der Waals surface area contributed by atoms with Crippen LogP contribution in [0.1, 0.15) is 20.3 Å². The van der Waals surface area contributed by atoms with Gasteiger partial charge in [0.05, 0.1) is 0 Å². The predicted molar refractivity (Wildman–Crippen MR) is 67.2 cm³/mol. The van der Waals surface area contributed by atoms with Crippen LogP contribution in [0.3, 0.4) is 0 Å². The first-order valence-electron chi connectivity index (χ1n) is 5.94. The number of amides is 1. The molecule has 1 amide bonds. The second-order valence-electron chi connectivity index (χ2n) is 4.39. The van der Waals surface area contributed by atoms with Gasteiger partial charge in [0.1, 0.15) is 0 Å². The van der Waals surface area contributed by atoms with Crippen molar-refractivity contribution in [3.63, 3.8) is 0 Å². The number of hydrogen-bond donors (Lipinski definition) is 1. The largest absolute Gasteiger partial charge is 0.330 e. The Hall–Kier alpha value is -1.49. The smallest absolute Gasteiger partial charge is 0.229 e. The third-order valence-corrected chi connectivity index (χ3v) is 2.56. The Morgan fingerprint density at radius 3 is 2.50 bits per heavy atom. The van der Waals surface area contributed by atoms with E-state index in [0.717, 1.165) is 12.1 Å². The number of carbonyl (C=O) groups excluding carboxylic acids is 1. The molecule has 0 aliphatic carbocycles. The summed E-state index contributed by atoms with van der Waals surface area (Å²) in [5.41, 5.74) is 5.78. The van der Waals surface area contributed by atoms with Crippen molar-refractivity contribution in [2.45, 2.75) is 20.3 Å². The fourth-order valence-corrected chi connectivity index (χ4v) is 1.58. The minimum Gasteiger partial charge on any atom is -0.330 e. The van der Waals surface area contributed by atoms with Crippen molar-refractivity contribution in [2.24, 2.45) is 11.7 Å². The van der Waals surface area contributed by atoms with E-state index in [-0.39, 0.29) is 11.8 Å². The summed E-state index contributed by atoms with van der Waals surface area (Å²) in [7, 11) is 0. The van der Waals surface area contributed by atoms with Crippen molar-refractivity contribution >= 4 is 11.6 Å². The van der Waals surface area contributed by atoms with E-state index >= 15 is 0 Å². The molecule has 1 rings (SSSR count). The van der Waals surface area contributed by atoms with Gasteiger partial charge < -0.3 is 10.6 Å². The van der Waals surface area contributed by atoms with Gasteiger partial charge in [-0.25, -0.2) is 8.78 Å². The van der Waals surface area contributed by atoms with Crippen LogP contribution in [0.15, 0.2) is 18.2 Å². The highest BCUT2D eigenvalue weighted by molar-refractivity contribution is 5.94. The zero-order chi connectivity index (χ0) is 13.7. The molecule has 100 valence electrons. The average molecular weight is 256 g/mol. The van der Waals surface area contributed by atoms with Crippen LogP contribution >= 0.6 is 0 Å². The summed E-state index contributed by atoms with van der Waals surface area (Å²) in [5.74, 6) is -2.22. The van der Waals surface area contributed by atoms with Crippen LogP contribution in [-0.4, -0.2) is 19.0 Å². The van der Waals surface area contributed by atoms with E-state index < -0.39 is 11.6 Å². The lowest BCUT2D eigenvalue weighted by Gasteiger charge is -2.24. The normalized spacial score (nSPS) is 10.8. The summed E-state index contributed by atoms with van der Waals surface area (Å²) in [5, 5.41) is 0. The van der Waals surface area contributed by atoms with E-state index in [1.54, 1.807) is 13.8 Å². The maximum absolute atomic E-state index is 13.2. The third-order valence-electron chi connectivity index (χ3n) is 2.56. The first kappa shape index (κ1) is 14.6. The monoisotopic (exact) mass is 256 g/mol. The molecule has 0 atom stereocenters. The Morgan fingerprint density at radius 2 is 2.00 bits per heavy atom. The predicted octanol–water partition coefficient (Wildman–Crippen LogP) is 2.30. The lowest BCUT2D eigenvalue weighted by molar-refractivity contribution is -0.121. The number of carbonyl (C=O) groups is 1. The molecule has 0 saturated heterocycles. The molecule has 0 radical (unpaired) electrons. The number of hydrogen-bond acceptors (Lipinski definition) is 2. The van der Waals surface area contributed by atoms with Gasteiger partial charge in [-0.15, -0.1) is 0 Å². The van der Waals surface area contributed by atoms with Crippen LogP contribution in [0, 0.1) is 17.6 Å². The molecular weight excluding hydrogens is 238 g/mol. The molecular formula is C13H18F2N2O. The molecule has 0 heterocycles. The average Bonchev–Trinajstić information content (AvgIpc) is 2.33. The highest BCUT2D eigenvalue weighted by atomic mass is 19.2.